The van der Waals surface area contributed by atoms with Gasteiger partial charge in [-0.3, -0.25) is 0 Å². The van der Waals surface area contributed by atoms with Crippen LogP contribution < -0.4 is 4.90 Å². The first-order chi connectivity index (χ1) is 12.5. The summed E-state index contributed by atoms with van der Waals surface area (Å²) >= 11 is 1.54. The summed E-state index contributed by atoms with van der Waals surface area (Å²) < 4.78 is 14.4. The van der Waals surface area contributed by atoms with Gasteiger partial charge >= 0.3 is 0 Å². The zero-order valence-electron chi connectivity index (χ0n) is 15.8. The van der Waals surface area contributed by atoms with Crippen molar-refractivity contribution < 1.29 is 4.39 Å². The maximum absolute atomic E-state index is 14.4. The molecule has 3 rings (SSSR count). The van der Waals surface area contributed by atoms with E-state index in [4.69, 9.17) is 0 Å². The van der Waals surface area contributed by atoms with Gasteiger partial charge in [-0.1, -0.05) is 19.6 Å². The molecule has 1 aromatic heterocycles. The van der Waals surface area contributed by atoms with E-state index in [-0.39, 0.29) is 5.82 Å². The molecular formula is C21H26FN3S. The Kier molecular flexibility index (Phi) is 5.87. The molecule has 0 atom stereocenters. The Bertz CT molecular complexity index is 798. The van der Waals surface area contributed by atoms with Crippen molar-refractivity contribution in [1.82, 2.24) is 9.88 Å². The number of hydrogen-bond acceptors (Lipinski definition) is 4. The standard InChI is InChI=1S/C21H26FN3S/c1-5-17-12-15(2)21(23-14-17)25-10-8-24(9-11-25)16(3)19-7-6-18(26-4)13-20(19)22/h6-7,12-14H,3,5,8-11H2,1-2,4H3. The molecule has 0 unspecified atom stereocenters. The van der Waals surface area contributed by atoms with Crippen molar-refractivity contribution in [3.8, 4) is 0 Å². The number of piperazine rings is 1. The number of thioether (sulfide) groups is 1. The van der Waals surface area contributed by atoms with Crippen molar-refractivity contribution >= 4 is 23.3 Å². The van der Waals surface area contributed by atoms with Gasteiger partial charge in [-0.05, 0) is 48.9 Å². The van der Waals surface area contributed by atoms with Crippen LogP contribution in [0.15, 0.2) is 41.9 Å². The third-order valence-electron chi connectivity index (χ3n) is 4.96. The van der Waals surface area contributed by atoms with Crippen molar-refractivity contribution in [3.05, 3.63) is 59.5 Å². The van der Waals surface area contributed by atoms with Gasteiger partial charge in [-0.2, -0.15) is 0 Å². The van der Waals surface area contributed by atoms with Gasteiger partial charge in [0.15, 0.2) is 0 Å². The van der Waals surface area contributed by atoms with Gasteiger partial charge in [0.25, 0.3) is 0 Å². The van der Waals surface area contributed by atoms with Crippen LogP contribution in [-0.2, 0) is 6.42 Å². The Hall–Kier alpha value is -2.01. The number of benzene rings is 1. The van der Waals surface area contributed by atoms with Crippen LogP contribution in [0.25, 0.3) is 5.70 Å². The van der Waals surface area contributed by atoms with Crippen LogP contribution in [0.1, 0.15) is 23.6 Å². The zero-order chi connectivity index (χ0) is 18.7. The smallest absolute Gasteiger partial charge is 0.133 e. The lowest BCUT2D eigenvalue weighted by Gasteiger charge is -2.38. The molecule has 1 saturated heterocycles. The highest BCUT2D eigenvalue weighted by Gasteiger charge is 2.22. The molecule has 0 N–H and O–H groups in total. The molecule has 0 spiro atoms. The fraction of sp³-hybridized carbons (Fsp3) is 0.381. The topological polar surface area (TPSA) is 19.4 Å². The lowest BCUT2D eigenvalue weighted by molar-refractivity contribution is 0.365. The molecule has 0 radical (unpaired) electrons. The number of nitrogens with zero attached hydrogens (tertiary/aromatic N) is 3. The fourth-order valence-corrected chi connectivity index (χ4v) is 3.79. The maximum Gasteiger partial charge on any atom is 0.133 e. The summed E-state index contributed by atoms with van der Waals surface area (Å²) in [6.07, 6.45) is 4.92. The predicted octanol–water partition coefficient (Wildman–Crippen LogP) is 4.61. The highest BCUT2D eigenvalue weighted by atomic mass is 32.2. The normalized spacial score (nSPS) is 14.6. The third kappa shape index (κ3) is 3.88. The Balaban J connectivity index is 1.67. The van der Waals surface area contributed by atoms with E-state index in [0.29, 0.717) is 5.56 Å². The molecule has 3 nitrogen and oxygen atoms in total. The first kappa shape index (κ1) is 18.8. The van der Waals surface area contributed by atoms with Crippen LogP contribution in [-0.4, -0.2) is 42.3 Å². The molecule has 138 valence electrons. The second-order valence-corrected chi connectivity index (χ2v) is 7.48. The van der Waals surface area contributed by atoms with Crippen LogP contribution in [0.4, 0.5) is 10.2 Å². The molecule has 26 heavy (non-hydrogen) atoms. The molecule has 5 heteroatoms. The van der Waals surface area contributed by atoms with Crippen LogP contribution in [0.3, 0.4) is 0 Å². The minimum atomic E-state index is -0.197. The summed E-state index contributed by atoms with van der Waals surface area (Å²) in [5.41, 5.74) is 3.84. The molecule has 0 amide bonds. The van der Waals surface area contributed by atoms with Crippen molar-refractivity contribution in [2.75, 3.05) is 37.3 Å². The third-order valence-corrected chi connectivity index (χ3v) is 5.69. The van der Waals surface area contributed by atoms with Crippen LogP contribution in [0, 0.1) is 12.7 Å². The Morgan fingerprint density at radius 1 is 1.23 bits per heavy atom. The second kappa shape index (κ2) is 8.12. The van der Waals surface area contributed by atoms with E-state index in [1.54, 1.807) is 17.8 Å². The van der Waals surface area contributed by atoms with Gasteiger partial charge in [0.1, 0.15) is 11.6 Å². The average molecular weight is 372 g/mol. The summed E-state index contributed by atoms with van der Waals surface area (Å²) in [5.74, 6) is 0.861. The molecule has 1 aliphatic heterocycles. The van der Waals surface area contributed by atoms with Gasteiger partial charge in [-0.25, -0.2) is 9.37 Å². The quantitative estimate of drug-likeness (QED) is 0.715. The van der Waals surface area contributed by atoms with Crippen LogP contribution in [0.5, 0.6) is 0 Å². The maximum atomic E-state index is 14.4. The van der Waals surface area contributed by atoms with E-state index in [2.05, 4.69) is 41.3 Å². The van der Waals surface area contributed by atoms with E-state index in [1.807, 2.05) is 24.6 Å². The first-order valence-electron chi connectivity index (χ1n) is 9.01. The van der Waals surface area contributed by atoms with Crippen LogP contribution in [0.2, 0.25) is 0 Å². The predicted molar refractivity (Wildman–Crippen MR) is 109 cm³/mol. The van der Waals surface area contributed by atoms with Gasteiger partial charge in [0.05, 0.1) is 0 Å². The summed E-state index contributed by atoms with van der Waals surface area (Å²) in [5, 5.41) is 0. The second-order valence-electron chi connectivity index (χ2n) is 6.60. The highest BCUT2D eigenvalue weighted by molar-refractivity contribution is 7.98. The summed E-state index contributed by atoms with van der Waals surface area (Å²) in [7, 11) is 0. The number of hydrogen-bond donors (Lipinski definition) is 0. The summed E-state index contributed by atoms with van der Waals surface area (Å²) in [4.78, 5) is 10.1. The number of pyridine rings is 1. The number of aryl methyl sites for hydroxylation is 2. The molecule has 2 heterocycles. The van der Waals surface area contributed by atoms with E-state index < -0.39 is 0 Å². The molecule has 1 fully saturated rings. The first-order valence-corrected chi connectivity index (χ1v) is 10.2. The lowest BCUT2D eigenvalue weighted by atomic mass is 10.1. The van der Waals surface area contributed by atoms with E-state index in [1.165, 1.54) is 11.1 Å². The van der Waals surface area contributed by atoms with Crippen molar-refractivity contribution in [2.24, 2.45) is 0 Å². The SMILES string of the molecule is C=C(c1ccc(SC)cc1F)N1CCN(c2ncc(CC)cc2C)CC1. The molecule has 2 aromatic rings. The van der Waals surface area contributed by atoms with E-state index in [0.717, 1.165) is 49.0 Å². The van der Waals surface area contributed by atoms with E-state index >= 15 is 0 Å². The molecule has 0 aliphatic carbocycles. The lowest BCUT2D eigenvalue weighted by Crippen LogP contribution is -2.46. The molecule has 1 aromatic carbocycles. The zero-order valence-corrected chi connectivity index (χ0v) is 16.6. The summed E-state index contributed by atoms with van der Waals surface area (Å²) in [6, 6.07) is 7.60. The van der Waals surface area contributed by atoms with Crippen molar-refractivity contribution in [1.29, 1.82) is 0 Å². The summed E-state index contributed by atoms with van der Waals surface area (Å²) in [6.45, 7) is 11.8. The minimum Gasteiger partial charge on any atom is -0.368 e. The van der Waals surface area contributed by atoms with Gasteiger partial charge in [0.2, 0.25) is 0 Å². The highest BCUT2D eigenvalue weighted by Crippen LogP contribution is 2.27. The number of anilines is 1. The monoisotopic (exact) mass is 371 g/mol. The van der Waals surface area contributed by atoms with Gasteiger partial charge < -0.3 is 9.80 Å². The average Bonchev–Trinajstić information content (AvgIpc) is 2.67. The Morgan fingerprint density at radius 3 is 2.54 bits per heavy atom. The van der Waals surface area contributed by atoms with Gasteiger partial charge in [0, 0.05) is 48.5 Å². The number of aromatic nitrogens is 1. The molecule has 0 saturated carbocycles. The van der Waals surface area contributed by atoms with Crippen molar-refractivity contribution in [2.45, 2.75) is 25.2 Å². The molecule has 0 bridgehead atoms. The van der Waals surface area contributed by atoms with Crippen LogP contribution >= 0.6 is 11.8 Å². The Labute approximate surface area is 159 Å². The Morgan fingerprint density at radius 2 is 1.96 bits per heavy atom. The molecule has 1 aliphatic rings. The number of halogens is 1. The minimum absolute atomic E-state index is 0.197. The van der Waals surface area contributed by atoms with Gasteiger partial charge in [-0.15, -0.1) is 11.8 Å². The molecular weight excluding hydrogens is 345 g/mol. The number of rotatable bonds is 5. The fourth-order valence-electron chi connectivity index (χ4n) is 3.37. The van der Waals surface area contributed by atoms with Crippen molar-refractivity contribution in [3.63, 3.8) is 0 Å². The largest absolute Gasteiger partial charge is 0.368 e. The van der Waals surface area contributed by atoms with E-state index in [9.17, 15) is 4.39 Å².